The molecular formula is C44H58N2O6+2. The lowest BCUT2D eigenvalue weighted by Gasteiger charge is -2.47. The second kappa shape index (κ2) is 16.1. The molecule has 0 aromatic heterocycles. The van der Waals surface area contributed by atoms with Crippen LogP contribution in [0.25, 0.3) is 0 Å². The minimum Gasteiger partial charge on any atom is -0.497 e. The van der Waals surface area contributed by atoms with Gasteiger partial charge in [-0.3, -0.25) is 0 Å². The zero-order chi connectivity index (χ0) is 36.9. The molecule has 0 aliphatic carbocycles. The van der Waals surface area contributed by atoms with Crippen LogP contribution in [0.2, 0.25) is 0 Å². The molecule has 4 aromatic rings. The molecule has 4 atom stereocenters. The number of quaternary nitrogens is 2. The van der Waals surface area contributed by atoms with Gasteiger partial charge in [0.2, 0.25) is 0 Å². The van der Waals surface area contributed by atoms with E-state index in [4.69, 9.17) is 28.4 Å². The fourth-order valence-electron chi connectivity index (χ4n) is 8.77. The molecule has 6 rings (SSSR count). The molecule has 0 unspecified atom stereocenters. The number of methoxy groups -OCH3 is 6. The summed E-state index contributed by atoms with van der Waals surface area (Å²) < 4.78 is 36.0. The molecule has 2 aliphatic rings. The van der Waals surface area contributed by atoms with Crippen LogP contribution in [0.5, 0.6) is 34.5 Å². The third-order valence-corrected chi connectivity index (χ3v) is 12.1. The summed E-state index contributed by atoms with van der Waals surface area (Å²) in [5.74, 6) is 4.98. The topological polar surface area (TPSA) is 55.4 Å². The van der Waals surface area contributed by atoms with Crippen molar-refractivity contribution in [3.05, 3.63) is 106 Å². The third kappa shape index (κ3) is 7.69. The van der Waals surface area contributed by atoms with E-state index in [0.717, 1.165) is 108 Å². The molecule has 2 heterocycles. The van der Waals surface area contributed by atoms with Crippen LogP contribution in [0.4, 0.5) is 0 Å². The van der Waals surface area contributed by atoms with E-state index in [0.29, 0.717) is 12.1 Å². The number of hydrogen-bond acceptors (Lipinski definition) is 6. The molecule has 0 N–H and O–H groups in total. The predicted molar refractivity (Wildman–Crippen MR) is 206 cm³/mol. The fourth-order valence-corrected chi connectivity index (χ4v) is 8.77. The maximum absolute atomic E-state index is 5.82. The van der Waals surface area contributed by atoms with Gasteiger partial charge in [0.15, 0.2) is 23.0 Å². The van der Waals surface area contributed by atoms with Crippen LogP contribution in [0, 0.1) is 0 Å². The molecule has 0 saturated carbocycles. The Morgan fingerprint density at radius 1 is 0.481 bits per heavy atom. The molecule has 0 spiro atoms. The standard InChI is InChI=1S/C44H58N2O6/c1-45(23-19-33-27-41(49-5)43(51-7)29-37(33)39(45)25-31-11-15-35(47-3)16-12-31)21-9-10-22-46(2)24-20-34-28-42(50-6)44(52-8)30-38(34)40(46)26-32-13-17-36(48-4)18-14-32/h11-18,27-30,39-40H,9-10,19-26H2,1-8H3/q+2/t39-,40-,45+,46+/m1/s1. The Morgan fingerprint density at radius 3 is 1.15 bits per heavy atom. The van der Waals surface area contributed by atoms with Gasteiger partial charge in [0.1, 0.15) is 23.6 Å². The first-order valence-electron chi connectivity index (χ1n) is 18.6. The van der Waals surface area contributed by atoms with Gasteiger partial charge in [-0.25, -0.2) is 0 Å². The number of unbranched alkanes of at least 4 members (excludes halogenated alkanes) is 1. The van der Waals surface area contributed by atoms with Crippen molar-refractivity contribution in [1.29, 1.82) is 0 Å². The first kappa shape index (κ1) is 37.4. The molecule has 8 nitrogen and oxygen atoms in total. The summed E-state index contributed by atoms with van der Waals surface area (Å²) in [6.45, 7) is 4.40. The van der Waals surface area contributed by atoms with E-state index in [1.54, 1.807) is 42.7 Å². The van der Waals surface area contributed by atoms with Crippen molar-refractivity contribution >= 4 is 0 Å². The van der Waals surface area contributed by atoms with E-state index in [-0.39, 0.29) is 0 Å². The molecule has 278 valence electrons. The van der Waals surface area contributed by atoms with E-state index < -0.39 is 0 Å². The van der Waals surface area contributed by atoms with E-state index >= 15 is 0 Å². The van der Waals surface area contributed by atoms with Crippen LogP contribution >= 0.6 is 0 Å². The van der Waals surface area contributed by atoms with Crippen molar-refractivity contribution in [2.24, 2.45) is 0 Å². The molecule has 0 amide bonds. The van der Waals surface area contributed by atoms with Crippen LogP contribution in [0.15, 0.2) is 72.8 Å². The van der Waals surface area contributed by atoms with Gasteiger partial charge in [-0.15, -0.1) is 0 Å². The highest BCUT2D eigenvalue weighted by Crippen LogP contribution is 2.45. The quantitative estimate of drug-likeness (QED) is 0.0928. The fraction of sp³-hybridized carbons (Fsp3) is 0.455. The zero-order valence-corrected chi connectivity index (χ0v) is 32.5. The summed E-state index contributed by atoms with van der Waals surface area (Å²) >= 11 is 0. The highest BCUT2D eigenvalue weighted by Gasteiger charge is 2.42. The summed E-state index contributed by atoms with van der Waals surface area (Å²) in [4.78, 5) is 0. The molecule has 0 bridgehead atoms. The Balaban J connectivity index is 1.24. The largest absolute Gasteiger partial charge is 0.497 e. The lowest BCUT2D eigenvalue weighted by atomic mass is 9.85. The van der Waals surface area contributed by atoms with E-state index in [9.17, 15) is 0 Å². The predicted octanol–water partition coefficient (Wildman–Crippen LogP) is 7.79. The van der Waals surface area contributed by atoms with Gasteiger partial charge in [0.25, 0.3) is 0 Å². The number of rotatable bonds is 15. The molecule has 8 heteroatoms. The van der Waals surface area contributed by atoms with Crippen molar-refractivity contribution in [3.63, 3.8) is 0 Å². The van der Waals surface area contributed by atoms with Gasteiger partial charge in [-0.05, 0) is 70.8 Å². The van der Waals surface area contributed by atoms with Crippen molar-refractivity contribution in [2.45, 2.75) is 50.6 Å². The summed E-state index contributed by atoms with van der Waals surface area (Å²) in [6, 6.07) is 26.6. The maximum atomic E-state index is 5.82. The van der Waals surface area contributed by atoms with E-state index in [1.807, 2.05) is 0 Å². The lowest BCUT2D eigenvalue weighted by molar-refractivity contribution is -0.947. The Bertz CT molecular complexity index is 1680. The minimum absolute atomic E-state index is 0.300. The number of likely N-dealkylation sites (N-methyl/N-ethyl adjacent to an activating group) is 2. The van der Waals surface area contributed by atoms with Gasteiger partial charge in [-0.2, -0.15) is 0 Å². The SMILES string of the molecule is COc1ccc(C[C@@H]2c3cc(OC)c(OC)cc3CC[N@+]2(C)CCCC[N@@+]2(C)CCc3cc(OC)c(OC)cc3[C@H]2Cc2ccc(OC)cc2)cc1. The van der Waals surface area contributed by atoms with Gasteiger partial charge in [-0.1, -0.05) is 24.3 Å². The average Bonchev–Trinajstić information content (AvgIpc) is 3.18. The number of ether oxygens (including phenoxy) is 6. The third-order valence-electron chi connectivity index (χ3n) is 12.1. The first-order valence-corrected chi connectivity index (χ1v) is 18.6. The summed E-state index contributed by atoms with van der Waals surface area (Å²) in [7, 11) is 15.3. The summed E-state index contributed by atoms with van der Waals surface area (Å²) in [5.41, 5.74) is 8.11. The van der Waals surface area contributed by atoms with Crippen molar-refractivity contribution < 1.29 is 37.4 Å². The smallest absolute Gasteiger partial charge is 0.161 e. The zero-order valence-electron chi connectivity index (χ0n) is 32.5. The number of fused-ring (bicyclic) bond motifs is 2. The monoisotopic (exact) mass is 710 g/mol. The highest BCUT2D eigenvalue weighted by atomic mass is 16.5. The van der Waals surface area contributed by atoms with Crippen LogP contribution < -0.4 is 28.4 Å². The molecule has 4 aromatic carbocycles. The van der Waals surface area contributed by atoms with Crippen LogP contribution in [-0.2, 0) is 25.7 Å². The Kier molecular flexibility index (Phi) is 11.6. The number of hydrogen-bond donors (Lipinski definition) is 0. The Labute approximate surface area is 311 Å². The summed E-state index contributed by atoms with van der Waals surface area (Å²) in [6.07, 6.45) is 6.24. The normalized spacial score (nSPS) is 22.2. The van der Waals surface area contributed by atoms with Crippen LogP contribution in [0.3, 0.4) is 0 Å². The Morgan fingerprint density at radius 2 is 0.827 bits per heavy atom. The maximum Gasteiger partial charge on any atom is 0.161 e. The van der Waals surface area contributed by atoms with Crippen molar-refractivity contribution in [2.75, 3.05) is 82.9 Å². The van der Waals surface area contributed by atoms with Crippen LogP contribution in [0.1, 0.15) is 58.3 Å². The highest BCUT2D eigenvalue weighted by molar-refractivity contribution is 5.50. The molecular weight excluding hydrogens is 652 g/mol. The summed E-state index contributed by atoms with van der Waals surface area (Å²) in [5, 5.41) is 0. The molecule has 0 saturated heterocycles. The van der Waals surface area contributed by atoms with Gasteiger partial charge < -0.3 is 37.4 Å². The van der Waals surface area contributed by atoms with Crippen molar-refractivity contribution in [1.82, 2.24) is 0 Å². The van der Waals surface area contributed by atoms with E-state index in [1.165, 1.54) is 33.4 Å². The number of nitrogens with zero attached hydrogens (tertiary/aromatic N) is 2. The molecule has 52 heavy (non-hydrogen) atoms. The second-order valence-electron chi connectivity index (χ2n) is 15.0. The first-order chi connectivity index (χ1) is 25.2. The van der Waals surface area contributed by atoms with Gasteiger partial charge >= 0.3 is 0 Å². The molecule has 0 radical (unpaired) electrons. The molecule has 0 fully saturated rings. The van der Waals surface area contributed by atoms with Gasteiger partial charge in [0, 0.05) is 49.7 Å². The number of benzene rings is 4. The van der Waals surface area contributed by atoms with E-state index in [2.05, 4.69) is 86.9 Å². The molecule has 2 aliphatic heterocycles. The minimum atomic E-state index is 0.300. The lowest BCUT2D eigenvalue weighted by Crippen LogP contribution is -2.54. The van der Waals surface area contributed by atoms with Crippen molar-refractivity contribution in [3.8, 4) is 34.5 Å². The average molecular weight is 711 g/mol. The van der Waals surface area contributed by atoms with Crippen LogP contribution in [-0.4, -0.2) is 91.9 Å². The Hall–Kier alpha value is -4.40. The van der Waals surface area contributed by atoms with Gasteiger partial charge in [0.05, 0.1) is 82.9 Å². The second-order valence-corrected chi connectivity index (χ2v) is 15.0.